The molecule has 3 aromatic rings. The molecule has 13 heteroatoms. The van der Waals surface area contributed by atoms with Crippen molar-refractivity contribution in [3.8, 4) is 11.5 Å². The number of likely N-dealkylation sites (tertiary alicyclic amines) is 1. The van der Waals surface area contributed by atoms with Crippen molar-refractivity contribution in [3.05, 3.63) is 68.1 Å². The number of hydrogen-bond donors (Lipinski definition) is 3. The molecule has 0 bridgehead atoms. The minimum absolute atomic E-state index is 0.283. The van der Waals surface area contributed by atoms with E-state index in [1.165, 1.54) is 7.11 Å². The first-order valence-electron chi connectivity index (χ1n) is 11.8. The smallest absolute Gasteiger partial charge is 0.323 e. The fraction of sp³-hybridized carbons (Fsp3) is 0.269. The van der Waals surface area contributed by atoms with Gasteiger partial charge in [0.15, 0.2) is 18.1 Å². The molecule has 0 saturated carbocycles. The Labute approximate surface area is 230 Å². The van der Waals surface area contributed by atoms with E-state index in [2.05, 4.69) is 10.3 Å². The quantitative estimate of drug-likeness (QED) is 0.347. The van der Waals surface area contributed by atoms with Crippen LogP contribution in [0.1, 0.15) is 21.9 Å². The predicted octanol–water partition coefficient (Wildman–Crippen LogP) is 2.45. The Morgan fingerprint density at radius 3 is 2.51 bits per heavy atom. The highest BCUT2D eigenvalue weighted by Gasteiger charge is 2.56. The number of thioether (sulfide) groups is 1. The third-order valence-corrected chi connectivity index (χ3v) is 8.85. The number of aliphatic carboxylic acids is 1. The number of amides is 3. The van der Waals surface area contributed by atoms with E-state index in [0.29, 0.717) is 21.2 Å². The lowest BCUT2D eigenvalue weighted by atomic mass is 9.83. The number of rotatable bonds is 8. The molecule has 0 aliphatic carbocycles. The van der Waals surface area contributed by atoms with Gasteiger partial charge in [-0.2, -0.15) is 0 Å². The molecule has 0 spiro atoms. The number of aryl methyl sites for hydroxylation is 1. The van der Waals surface area contributed by atoms with E-state index >= 15 is 0 Å². The number of hydrogen-bond acceptors (Lipinski definition) is 9. The summed E-state index contributed by atoms with van der Waals surface area (Å²) in [6, 6.07) is 12.2. The highest BCUT2D eigenvalue weighted by atomic mass is 32.2. The van der Waals surface area contributed by atoms with Gasteiger partial charge < -0.3 is 24.9 Å². The lowest BCUT2D eigenvalue weighted by Crippen LogP contribution is -2.36. The van der Waals surface area contributed by atoms with E-state index in [4.69, 9.17) is 9.47 Å². The van der Waals surface area contributed by atoms with Crippen LogP contribution in [0.15, 0.2) is 52.3 Å². The highest BCUT2D eigenvalue weighted by Crippen LogP contribution is 2.53. The molecule has 3 amide bonds. The third kappa shape index (κ3) is 5.14. The lowest BCUT2D eigenvalue weighted by molar-refractivity contribution is -0.149. The highest BCUT2D eigenvalue weighted by molar-refractivity contribution is 8.00. The van der Waals surface area contributed by atoms with Crippen LogP contribution in [0.3, 0.4) is 0 Å². The number of carbonyl (C=O) groups excluding carboxylic acids is 3. The molecule has 11 nitrogen and oxygen atoms in total. The number of imide groups is 1. The number of aromatic nitrogens is 1. The molecule has 2 aliphatic rings. The van der Waals surface area contributed by atoms with Crippen LogP contribution in [0.4, 0.5) is 5.69 Å². The molecular formula is C26H23N3O8S2. The zero-order valence-corrected chi connectivity index (χ0v) is 22.4. The minimum Gasteiger partial charge on any atom is -0.493 e. The number of aromatic amines is 1. The summed E-state index contributed by atoms with van der Waals surface area (Å²) in [5, 5.41) is 11.6. The maximum Gasteiger partial charge on any atom is 0.323 e. The van der Waals surface area contributed by atoms with Crippen LogP contribution in [0, 0.1) is 12.8 Å². The number of anilines is 1. The number of thiazole rings is 1. The van der Waals surface area contributed by atoms with E-state index < -0.39 is 41.4 Å². The van der Waals surface area contributed by atoms with Crippen LogP contribution in [-0.2, 0) is 19.2 Å². The SMILES string of the molecule is COc1cc([C@@H]2c3sc(=O)[nH]c3SC3C(=O)N(CC(=O)O)C(=O)C32)ccc1OCC(=O)Nc1ccc(C)cc1. The number of H-pyrrole nitrogens is 1. The summed E-state index contributed by atoms with van der Waals surface area (Å²) in [6.07, 6.45) is 0. The Bertz CT molecular complexity index is 1530. The molecule has 1 aromatic heterocycles. The second kappa shape index (κ2) is 10.6. The Morgan fingerprint density at radius 2 is 1.82 bits per heavy atom. The lowest BCUT2D eigenvalue weighted by Gasteiger charge is -2.30. The van der Waals surface area contributed by atoms with Crippen molar-refractivity contribution in [1.82, 2.24) is 9.88 Å². The first kappa shape index (κ1) is 26.5. The van der Waals surface area contributed by atoms with E-state index in [0.717, 1.165) is 33.6 Å². The predicted molar refractivity (Wildman–Crippen MR) is 143 cm³/mol. The summed E-state index contributed by atoms with van der Waals surface area (Å²) in [7, 11) is 1.43. The van der Waals surface area contributed by atoms with Gasteiger partial charge in [-0.15, -0.1) is 0 Å². The fourth-order valence-electron chi connectivity index (χ4n) is 4.70. The largest absolute Gasteiger partial charge is 0.493 e. The zero-order chi connectivity index (χ0) is 27.8. The molecule has 0 radical (unpaired) electrons. The summed E-state index contributed by atoms with van der Waals surface area (Å²) in [4.78, 5) is 65.9. The van der Waals surface area contributed by atoms with Crippen LogP contribution in [-0.4, -0.2) is 64.2 Å². The Kier molecular flexibility index (Phi) is 7.19. The second-order valence-electron chi connectivity index (χ2n) is 9.02. The second-order valence-corrected chi connectivity index (χ2v) is 11.2. The number of carbonyl (C=O) groups is 4. The number of carboxylic acids is 1. The number of nitrogens with one attached hydrogen (secondary N) is 2. The average Bonchev–Trinajstić information content (AvgIpc) is 3.39. The molecule has 2 aromatic carbocycles. The maximum atomic E-state index is 13.3. The van der Waals surface area contributed by atoms with Gasteiger partial charge in [-0.1, -0.05) is 46.9 Å². The van der Waals surface area contributed by atoms with Gasteiger partial charge in [-0.3, -0.25) is 28.9 Å². The van der Waals surface area contributed by atoms with Crippen molar-refractivity contribution in [2.45, 2.75) is 23.1 Å². The Hall–Kier alpha value is -4.10. The molecule has 202 valence electrons. The summed E-state index contributed by atoms with van der Waals surface area (Å²) in [5.41, 5.74) is 2.28. The van der Waals surface area contributed by atoms with Gasteiger partial charge in [0, 0.05) is 16.5 Å². The van der Waals surface area contributed by atoms with Crippen molar-refractivity contribution in [2.24, 2.45) is 5.92 Å². The van der Waals surface area contributed by atoms with Gasteiger partial charge in [0.25, 0.3) is 5.91 Å². The van der Waals surface area contributed by atoms with Gasteiger partial charge in [-0.05, 0) is 36.8 Å². The number of benzene rings is 2. The number of nitrogens with zero attached hydrogens (tertiary/aromatic N) is 1. The van der Waals surface area contributed by atoms with Gasteiger partial charge in [-0.25, -0.2) is 0 Å². The fourth-order valence-corrected chi connectivity index (χ4v) is 7.24. The molecule has 2 aliphatic heterocycles. The number of ether oxygens (including phenoxy) is 2. The van der Waals surface area contributed by atoms with Gasteiger partial charge in [0.05, 0.1) is 18.1 Å². The van der Waals surface area contributed by atoms with Crippen LogP contribution in [0.5, 0.6) is 11.5 Å². The topological polar surface area (TPSA) is 155 Å². The van der Waals surface area contributed by atoms with Crippen LogP contribution >= 0.6 is 23.1 Å². The van der Waals surface area contributed by atoms with Gasteiger partial charge >= 0.3 is 10.8 Å². The molecule has 39 heavy (non-hydrogen) atoms. The average molecular weight is 570 g/mol. The van der Waals surface area contributed by atoms with Crippen molar-refractivity contribution in [3.63, 3.8) is 0 Å². The first-order chi connectivity index (χ1) is 18.7. The van der Waals surface area contributed by atoms with Crippen LogP contribution < -0.4 is 19.7 Å². The molecule has 5 rings (SSSR count). The first-order valence-corrected chi connectivity index (χ1v) is 13.5. The normalized spacial score (nSPS) is 19.8. The van der Waals surface area contributed by atoms with Crippen molar-refractivity contribution in [1.29, 1.82) is 0 Å². The third-order valence-electron chi connectivity index (χ3n) is 6.45. The van der Waals surface area contributed by atoms with Gasteiger partial charge in [0.2, 0.25) is 11.8 Å². The molecular weight excluding hydrogens is 546 g/mol. The van der Waals surface area contributed by atoms with E-state index in [9.17, 15) is 29.1 Å². The molecule has 2 unspecified atom stereocenters. The van der Waals surface area contributed by atoms with E-state index in [1.807, 2.05) is 19.1 Å². The van der Waals surface area contributed by atoms with Crippen molar-refractivity contribution in [2.75, 3.05) is 25.6 Å². The summed E-state index contributed by atoms with van der Waals surface area (Å²) >= 11 is 2.00. The van der Waals surface area contributed by atoms with Crippen molar-refractivity contribution < 1.29 is 33.8 Å². The monoisotopic (exact) mass is 569 g/mol. The van der Waals surface area contributed by atoms with Crippen LogP contribution in [0.2, 0.25) is 0 Å². The summed E-state index contributed by atoms with van der Waals surface area (Å²) in [6.45, 7) is 0.929. The number of carboxylic acid groups (broad SMARTS) is 1. The molecule has 1 fully saturated rings. The maximum absolute atomic E-state index is 13.3. The van der Waals surface area contributed by atoms with Gasteiger partial charge in [0.1, 0.15) is 11.8 Å². The summed E-state index contributed by atoms with van der Waals surface area (Å²) < 4.78 is 11.2. The Balaban J connectivity index is 1.42. The zero-order valence-electron chi connectivity index (χ0n) is 20.8. The molecule has 1 saturated heterocycles. The van der Waals surface area contributed by atoms with E-state index in [-0.39, 0.29) is 28.9 Å². The number of fused-ring (bicyclic) bond motifs is 2. The molecule has 3 atom stereocenters. The van der Waals surface area contributed by atoms with E-state index in [1.54, 1.807) is 30.3 Å². The van der Waals surface area contributed by atoms with Crippen LogP contribution in [0.25, 0.3) is 0 Å². The molecule has 3 N–H and O–H groups in total. The summed E-state index contributed by atoms with van der Waals surface area (Å²) in [5.74, 6) is -3.91. The molecule has 3 heterocycles. The Morgan fingerprint density at radius 1 is 1.08 bits per heavy atom. The number of methoxy groups -OCH3 is 1. The standard InChI is InChI=1S/C26H23N3O8S2/c1-12-3-6-14(7-4-12)27-17(30)11-37-15-8-5-13(9-16(15)36-2)19-20-22(38-23-21(19)39-26(35)28-23)25(34)29(24(20)33)10-18(31)32/h3-9,19-20,22H,10-11H2,1-2H3,(H,27,30)(H,28,35)(H,31,32)/t19-,20?,22?/m0/s1. The minimum atomic E-state index is -1.30. The van der Waals surface area contributed by atoms with Crippen molar-refractivity contribution >= 4 is 52.5 Å².